The van der Waals surface area contributed by atoms with Gasteiger partial charge in [-0.1, -0.05) is 11.6 Å². The lowest BCUT2D eigenvalue weighted by Crippen LogP contribution is -2.27. The molecular formula is C9H9ClN4O3S. The van der Waals surface area contributed by atoms with Crippen LogP contribution in [0.15, 0.2) is 12.7 Å². The Labute approximate surface area is 111 Å². The van der Waals surface area contributed by atoms with Crippen LogP contribution in [0.2, 0.25) is 5.15 Å². The Hall–Kier alpha value is -1.09. The molecule has 3 rings (SSSR count). The number of hydrogen-bond donors (Lipinski definition) is 1. The molecule has 2 aromatic rings. The van der Waals surface area contributed by atoms with Gasteiger partial charge in [-0.2, -0.15) is 0 Å². The lowest BCUT2D eigenvalue weighted by molar-refractivity contribution is -0.132. The summed E-state index contributed by atoms with van der Waals surface area (Å²) in [5, 5.41) is 9.23. The predicted octanol–water partition coefficient (Wildman–Crippen LogP) is 0.316. The van der Waals surface area contributed by atoms with Crippen LogP contribution in [0.25, 0.3) is 11.2 Å². The van der Waals surface area contributed by atoms with Gasteiger partial charge in [-0.25, -0.2) is 15.0 Å². The fourth-order valence-corrected chi connectivity index (χ4v) is 2.57. The third-order valence-electron chi connectivity index (χ3n) is 2.36. The zero-order valence-corrected chi connectivity index (χ0v) is 10.6. The number of fused-ring (bicyclic) bond motifs is 1. The topological polar surface area (TPSA) is 82.3 Å². The van der Waals surface area contributed by atoms with Gasteiger partial charge in [0.15, 0.2) is 5.15 Å². The maximum Gasteiger partial charge on any atom is 0.235 e. The van der Waals surface area contributed by atoms with Gasteiger partial charge in [0.2, 0.25) is 11.9 Å². The van der Waals surface area contributed by atoms with Crippen LogP contribution in [0.1, 0.15) is 0 Å². The highest BCUT2D eigenvalue weighted by molar-refractivity contribution is 8.00. The fourth-order valence-electron chi connectivity index (χ4n) is 1.57. The molecule has 1 aliphatic rings. The molecule has 1 N–H and O–H groups in total. The molecule has 9 heteroatoms. The lowest BCUT2D eigenvalue weighted by Gasteiger charge is -2.13. The molecule has 96 valence electrons. The Morgan fingerprint density at radius 3 is 3.22 bits per heavy atom. The number of aliphatic hydroxyl groups excluding tert-OH is 1. The summed E-state index contributed by atoms with van der Waals surface area (Å²) in [7, 11) is 0. The molecule has 0 aliphatic carbocycles. The van der Waals surface area contributed by atoms with Gasteiger partial charge >= 0.3 is 0 Å². The maximum atomic E-state index is 8.96. The Kier molecular flexibility index (Phi) is 3.25. The molecule has 2 aromatic heterocycles. The number of halogens is 1. The molecule has 1 aliphatic heterocycles. The smallest absolute Gasteiger partial charge is 0.235 e. The molecule has 1 saturated heterocycles. The van der Waals surface area contributed by atoms with E-state index in [1.165, 1.54) is 29.1 Å². The van der Waals surface area contributed by atoms with Gasteiger partial charge in [0.25, 0.3) is 0 Å². The van der Waals surface area contributed by atoms with Crippen molar-refractivity contribution in [2.75, 3.05) is 12.4 Å². The molecule has 1 fully saturated rings. The Morgan fingerprint density at radius 1 is 1.56 bits per heavy atom. The van der Waals surface area contributed by atoms with E-state index in [4.69, 9.17) is 26.3 Å². The van der Waals surface area contributed by atoms with Crippen molar-refractivity contribution in [3.8, 4) is 0 Å². The largest absolute Gasteiger partial charge is 0.393 e. The van der Waals surface area contributed by atoms with Crippen molar-refractivity contribution in [3.63, 3.8) is 0 Å². The van der Waals surface area contributed by atoms with E-state index in [-0.39, 0.29) is 17.2 Å². The summed E-state index contributed by atoms with van der Waals surface area (Å²) in [5.74, 6) is 0.629. The van der Waals surface area contributed by atoms with Crippen molar-refractivity contribution in [1.82, 2.24) is 19.7 Å². The molecule has 0 bridgehead atoms. The predicted molar refractivity (Wildman–Crippen MR) is 65.1 cm³/mol. The highest BCUT2D eigenvalue weighted by Gasteiger charge is 2.27. The summed E-state index contributed by atoms with van der Waals surface area (Å²) in [5.41, 5.74) is 0.711. The summed E-state index contributed by atoms with van der Waals surface area (Å²) >= 11 is 7.37. The van der Waals surface area contributed by atoms with Crippen LogP contribution in [0, 0.1) is 0 Å². The number of aliphatic hydroxyl groups is 1. The van der Waals surface area contributed by atoms with E-state index in [1.54, 1.807) is 0 Å². The van der Waals surface area contributed by atoms with Crippen LogP contribution in [-0.2, 0) is 4.74 Å². The number of thioether (sulfide) groups is 1. The highest BCUT2D eigenvalue weighted by atomic mass is 35.5. The van der Waals surface area contributed by atoms with Gasteiger partial charge in [-0.3, -0.25) is 0 Å². The second-order valence-corrected chi connectivity index (χ2v) is 5.07. The van der Waals surface area contributed by atoms with E-state index >= 15 is 0 Å². The molecule has 0 aromatic carbocycles. The maximum absolute atomic E-state index is 8.96. The SMILES string of the molecule is OCC1O[C@@H](On2cnc3c(Cl)ncnc32)CS1. The van der Waals surface area contributed by atoms with Crippen LogP contribution in [0.3, 0.4) is 0 Å². The van der Waals surface area contributed by atoms with E-state index in [2.05, 4.69) is 15.0 Å². The summed E-state index contributed by atoms with van der Waals surface area (Å²) in [6, 6.07) is 0. The number of aromatic nitrogens is 4. The molecule has 0 radical (unpaired) electrons. The summed E-state index contributed by atoms with van der Waals surface area (Å²) in [6.45, 7) is -0.0385. The van der Waals surface area contributed by atoms with E-state index in [0.717, 1.165) is 0 Å². The number of nitrogens with zero attached hydrogens (tertiary/aromatic N) is 4. The normalized spacial score (nSPS) is 23.7. The molecule has 2 atom stereocenters. The Balaban J connectivity index is 1.81. The first-order chi connectivity index (χ1) is 8.78. The van der Waals surface area contributed by atoms with Gasteiger partial charge in [0.05, 0.1) is 12.4 Å². The number of rotatable bonds is 3. The first kappa shape index (κ1) is 12.0. The molecule has 0 spiro atoms. The monoisotopic (exact) mass is 288 g/mol. The minimum absolute atomic E-state index is 0.0385. The number of ether oxygens (including phenoxy) is 1. The first-order valence-corrected chi connectivity index (χ1v) is 6.59. The number of hydrogen-bond acceptors (Lipinski definition) is 7. The standard InChI is InChI=1S/C9H9ClN4O3S/c10-8-7-9(12-3-11-8)14(4-13-7)17-5-2-18-6(1-15)16-5/h3-6,15H,1-2H2/t5-,6?/m0/s1. The lowest BCUT2D eigenvalue weighted by atomic mass is 10.6. The van der Waals surface area contributed by atoms with Crippen molar-refractivity contribution in [1.29, 1.82) is 0 Å². The Morgan fingerprint density at radius 2 is 2.44 bits per heavy atom. The van der Waals surface area contributed by atoms with Gasteiger partial charge in [-0.05, 0) is 0 Å². The average molecular weight is 289 g/mol. The molecule has 7 nitrogen and oxygen atoms in total. The van der Waals surface area contributed by atoms with E-state index < -0.39 is 6.29 Å². The minimum Gasteiger partial charge on any atom is -0.393 e. The van der Waals surface area contributed by atoms with Crippen molar-refractivity contribution >= 4 is 34.5 Å². The van der Waals surface area contributed by atoms with Gasteiger partial charge < -0.3 is 14.7 Å². The van der Waals surface area contributed by atoms with Crippen molar-refractivity contribution in [3.05, 3.63) is 17.8 Å². The zero-order valence-electron chi connectivity index (χ0n) is 9.06. The summed E-state index contributed by atoms with van der Waals surface area (Å²) in [6.07, 6.45) is 2.36. The molecule has 3 heterocycles. The quantitative estimate of drug-likeness (QED) is 0.814. The third kappa shape index (κ3) is 2.12. The number of imidazole rings is 1. The summed E-state index contributed by atoms with van der Waals surface area (Å²) < 4.78 is 6.83. The molecular weight excluding hydrogens is 280 g/mol. The van der Waals surface area contributed by atoms with Gasteiger partial charge in [0, 0.05) is 0 Å². The molecule has 1 unspecified atom stereocenters. The van der Waals surface area contributed by atoms with Crippen LogP contribution in [0.4, 0.5) is 0 Å². The Bertz CT molecular complexity index is 566. The molecule has 0 saturated carbocycles. The van der Waals surface area contributed by atoms with E-state index in [1.807, 2.05) is 0 Å². The second kappa shape index (κ2) is 4.88. The van der Waals surface area contributed by atoms with Crippen LogP contribution < -0.4 is 4.84 Å². The molecule has 0 amide bonds. The second-order valence-electron chi connectivity index (χ2n) is 3.52. The minimum atomic E-state index is -0.446. The van der Waals surface area contributed by atoms with Crippen molar-refractivity contribution in [2.24, 2.45) is 0 Å². The van der Waals surface area contributed by atoms with Crippen molar-refractivity contribution < 1.29 is 14.7 Å². The highest BCUT2D eigenvalue weighted by Crippen LogP contribution is 2.24. The first-order valence-electron chi connectivity index (χ1n) is 5.16. The van der Waals surface area contributed by atoms with Crippen LogP contribution >= 0.6 is 23.4 Å². The van der Waals surface area contributed by atoms with Gasteiger partial charge in [0.1, 0.15) is 23.6 Å². The van der Waals surface area contributed by atoms with Crippen LogP contribution in [-0.4, -0.2) is 48.9 Å². The fraction of sp³-hybridized carbons (Fsp3) is 0.444. The van der Waals surface area contributed by atoms with E-state index in [0.29, 0.717) is 16.9 Å². The van der Waals surface area contributed by atoms with E-state index in [9.17, 15) is 0 Å². The zero-order chi connectivity index (χ0) is 12.5. The summed E-state index contributed by atoms with van der Waals surface area (Å²) in [4.78, 5) is 17.5. The molecule has 18 heavy (non-hydrogen) atoms. The van der Waals surface area contributed by atoms with Crippen molar-refractivity contribution in [2.45, 2.75) is 11.7 Å². The van der Waals surface area contributed by atoms with Crippen LogP contribution in [0.5, 0.6) is 0 Å². The third-order valence-corrected chi connectivity index (χ3v) is 3.73. The van der Waals surface area contributed by atoms with Gasteiger partial charge in [-0.15, -0.1) is 16.5 Å². The average Bonchev–Trinajstić information content (AvgIpc) is 2.98.